The highest BCUT2D eigenvalue weighted by Gasteiger charge is 2.14. The third-order valence-corrected chi connectivity index (χ3v) is 4.78. The summed E-state index contributed by atoms with van der Waals surface area (Å²) in [4.78, 5) is 4.22. The molecule has 6 nitrogen and oxygen atoms in total. The molecule has 1 aromatic carbocycles. The lowest BCUT2D eigenvalue weighted by Gasteiger charge is -2.08. The van der Waals surface area contributed by atoms with E-state index in [1.807, 2.05) is 0 Å². The first-order valence-electron chi connectivity index (χ1n) is 6.21. The molecule has 0 unspecified atom stereocenters. The van der Waals surface area contributed by atoms with Crippen LogP contribution in [0.15, 0.2) is 40.7 Å². The number of rotatable bonds is 8. The number of nitrogens with one attached hydrogen (secondary N) is 1. The van der Waals surface area contributed by atoms with E-state index in [0.29, 0.717) is 19.0 Å². The SMILES string of the molecule is COCCOc1ccc(S(=O)(=O)NCc2nccs2)cc1. The van der Waals surface area contributed by atoms with Gasteiger partial charge in [-0.15, -0.1) is 11.3 Å². The average molecular weight is 328 g/mol. The van der Waals surface area contributed by atoms with Crippen molar-refractivity contribution < 1.29 is 17.9 Å². The minimum Gasteiger partial charge on any atom is -0.491 e. The summed E-state index contributed by atoms with van der Waals surface area (Å²) in [6.45, 7) is 1.09. The Labute approximate surface area is 127 Å². The number of sulfonamides is 1. The van der Waals surface area contributed by atoms with Crippen molar-refractivity contribution in [3.8, 4) is 5.75 Å². The van der Waals surface area contributed by atoms with E-state index in [2.05, 4.69) is 9.71 Å². The summed E-state index contributed by atoms with van der Waals surface area (Å²) < 4.78 is 37.0. The summed E-state index contributed by atoms with van der Waals surface area (Å²) in [5.74, 6) is 0.603. The van der Waals surface area contributed by atoms with E-state index in [1.165, 1.54) is 23.5 Å². The smallest absolute Gasteiger partial charge is 0.240 e. The number of methoxy groups -OCH3 is 1. The van der Waals surface area contributed by atoms with Crippen LogP contribution in [0, 0.1) is 0 Å². The molecule has 0 radical (unpaired) electrons. The molecule has 0 atom stereocenters. The summed E-state index contributed by atoms with van der Waals surface area (Å²) in [7, 11) is -1.95. The predicted molar refractivity (Wildman–Crippen MR) is 80.0 cm³/mol. The molecule has 1 aromatic heterocycles. The van der Waals surface area contributed by atoms with Gasteiger partial charge in [0.2, 0.25) is 10.0 Å². The molecule has 0 aliphatic rings. The van der Waals surface area contributed by atoms with E-state index in [0.717, 1.165) is 5.01 Å². The van der Waals surface area contributed by atoms with Crippen LogP contribution in [0.1, 0.15) is 5.01 Å². The number of ether oxygens (including phenoxy) is 2. The van der Waals surface area contributed by atoms with Gasteiger partial charge >= 0.3 is 0 Å². The van der Waals surface area contributed by atoms with Crippen LogP contribution in [0.25, 0.3) is 0 Å². The zero-order valence-electron chi connectivity index (χ0n) is 11.5. The van der Waals surface area contributed by atoms with Gasteiger partial charge in [0, 0.05) is 18.7 Å². The molecule has 2 aromatic rings. The molecular formula is C13H16N2O4S2. The summed E-state index contributed by atoms with van der Waals surface area (Å²) in [5, 5.41) is 2.52. The number of hydrogen-bond acceptors (Lipinski definition) is 6. The maximum absolute atomic E-state index is 12.1. The lowest BCUT2D eigenvalue weighted by molar-refractivity contribution is 0.146. The van der Waals surface area contributed by atoms with Crippen LogP contribution in [0.4, 0.5) is 0 Å². The number of nitrogens with zero attached hydrogens (tertiary/aromatic N) is 1. The monoisotopic (exact) mass is 328 g/mol. The summed E-state index contributed by atoms with van der Waals surface area (Å²) in [5.41, 5.74) is 0. The number of aromatic nitrogens is 1. The van der Waals surface area contributed by atoms with Crippen molar-refractivity contribution in [2.75, 3.05) is 20.3 Å². The molecule has 0 saturated carbocycles. The summed E-state index contributed by atoms with van der Waals surface area (Å²) in [6, 6.07) is 6.25. The summed E-state index contributed by atoms with van der Waals surface area (Å²) in [6.07, 6.45) is 1.64. The first-order chi connectivity index (χ1) is 10.1. The van der Waals surface area contributed by atoms with E-state index in [1.54, 1.807) is 30.8 Å². The van der Waals surface area contributed by atoms with E-state index in [4.69, 9.17) is 9.47 Å². The first kappa shape index (κ1) is 15.9. The van der Waals surface area contributed by atoms with Gasteiger partial charge in [0.1, 0.15) is 17.4 Å². The minimum atomic E-state index is -3.54. The Morgan fingerprint density at radius 1 is 1.24 bits per heavy atom. The molecule has 8 heteroatoms. The third kappa shape index (κ3) is 4.78. The number of benzene rings is 1. The molecule has 0 spiro atoms. The Bertz CT molecular complexity index is 639. The van der Waals surface area contributed by atoms with Crippen molar-refractivity contribution in [3.05, 3.63) is 40.8 Å². The highest BCUT2D eigenvalue weighted by molar-refractivity contribution is 7.89. The molecule has 21 heavy (non-hydrogen) atoms. The van der Waals surface area contributed by atoms with E-state index < -0.39 is 10.0 Å². The van der Waals surface area contributed by atoms with E-state index in [-0.39, 0.29) is 11.4 Å². The van der Waals surface area contributed by atoms with Crippen LogP contribution in [0.5, 0.6) is 5.75 Å². The molecular weight excluding hydrogens is 312 g/mol. The lowest BCUT2D eigenvalue weighted by atomic mass is 10.3. The molecule has 0 saturated heterocycles. The number of hydrogen-bond donors (Lipinski definition) is 1. The fourth-order valence-corrected chi connectivity index (χ4v) is 3.17. The van der Waals surface area contributed by atoms with Gasteiger partial charge in [0.05, 0.1) is 18.0 Å². The average Bonchev–Trinajstić information content (AvgIpc) is 3.00. The van der Waals surface area contributed by atoms with Gasteiger partial charge in [0.15, 0.2) is 0 Å². The zero-order chi connectivity index (χ0) is 15.1. The third-order valence-electron chi connectivity index (χ3n) is 2.59. The van der Waals surface area contributed by atoms with E-state index in [9.17, 15) is 8.42 Å². The summed E-state index contributed by atoms with van der Waals surface area (Å²) >= 11 is 1.40. The molecule has 0 aliphatic carbocycles. The Hall–Kier alpha value is -1.48. The minimum absolute atomic E-state index is 0.187. The predicted octanol–water partition coefficient (Wildman–Crippen LogP) is 1.65. The molecule has 1 heterocycles. The van der Waals surface area contributed by atoms with E-state index >= 15 is 0 Å². The standard InChI is InChI=1S/C13H16N2O4S2/c1-18-7-8-19-11-2-4-12(5-3-11)21(16,17)15-10-13-14-6-9-20-13/h2-6,9,15H,7-8,10H2,1H3. The van der Waals surface area contributed by atoms with Gasteiger partial charge in [-0.25, -0.2) is 18.1 Å². The van der Waals surface area contributed by atoms with Crippen LogP contribution in [0.3, 0.4) is 0 Å². The molecule has 0 fully saturated rings. The first-order valence-corrected chi connectivity index (χ1v) is 8.58. The van der Waals surface area contributed by atoms with Crippen molar-refractivity contribution in [1.29, 1.82) is 0 Å². The van der Waals surface area contributed by atoms with Crippen LogP contribution in [-0.2, 0) is 21.3 Å². The highest BCUT2D eigenvalue weighted by atomic mass is 32.2. The van der Waals surface area contributed by atoms with Crippen LogP contribution < -0.4 is 9.46 Å². The van der Waals surface area contributed by atoms with Crippen LogP contribution in [-0.4, -0.2) is 33.7 Å². The fourth-order valence-electron chi connectivity index (χ4n) is 1.54. The van der Waals surface area contributed by atoms with Gasteiger partial charge in [-0.1, -0.05) is 0 Å². The Morgan fingerprint density at radius 2 is 2.00 bits per heavy atom. The van der Waals surface area contributed by atoms with Crippen molar-refractivity contribution >= 4 is 21.4 Å². The molecule has 0 amide bonds. The topological polar surface area (TPSA) is 77.5 Å². The zero-order valence-corrected chi connectivity index (χ0v) is 13.1. The maximum atomic E-state index is 12.1. The van der Waals surface area contributed by atoms with Crippen molar-refractivity contribution in [3.63, 3.8) is 0 Å². The Kier molecular flexibility index (Phi) is 5.68. The number of thiazole rings is 1. The van der Waals surface area contributed by atoms with Crippen molar-refractivity contribution in [2.45, 2.75) is 11.4 Å². The fraction of sp³-hybridized carbons (Fsp3) is 0.308. The second-order valence-corrected chi connectivity index (χ2v) is 6.81. The second-order valence-electron chi connectivity index (χ2n) is 4.06. The Balaban J connectivity index is 1.96. The largest absolute Gasteiger partial charge is 0.491 e. The maximum Gasteiger partial charge on any atom is 0.240 e. The van der Waals surface area contributed by atoms with Crippen LogP contribution >= 0.6 is 11.3 Å². The molecule has 0 aliphatic heterocycles. The van der Waals surface area contributed by atoms with Crippen LogP contribution in [0.2, 0.25) is 0 Å². The van der Waals surface area contributed by atoms with Gasteiger partial charge in [-0.2, -0.15) is 0 Å². The van der Waals surface area contributed by atoms with Gasteiger partial charge in [0.25, 0.3) is 0 Å². The van der Waals surface area contributed by atoms with Crippen molar-refractivity contribution in [2.24, 2.45) is 0 Å². The quantitative estimate of drug-likeness (QED) is 0.746. The van der Waals surface area contributed by atoms with Gasteiger partial charge in [-0.3, -0.25) is 0 Å². The highest BCUT2D eigenvalue weighted by Crippen LogP contribution is 2.16. The normalized spacial score (nSPS) is 11.5. The lowest BCUT2D eigenvalue weighted by Crippen LogP contribution is -2.23. The Morgan fingerprint density at radius 3 is 2.62 bits per heavy atom. The molecule has 0 bridgehead atoms. The molecule has 2 rings (SSSR count). The van der Waals surface area contributed by atoms with Gasteiger partial charge in [-0.05, 0) is 24.3 Å². The second kappa shape index (κ2) is 7.51. The molecule has 1 N–H and O–H groups in total. The van der Waals surface area contributed by atoms with Crippen molar-refractivity contribution in [1.82, 2.24) is 9.71 Å². The van der Waals surface area contributed by atoms with Gasteiger partial charge < -0.3 is 9.47 Å². The molecule has 114 valence electrons.